The molecule has 0 bridgehead atoms. The topological polar surface area (TPSA) is 66.9 Å². The first-order valence-corrected chi connectivity index (χ1v) is 8.57. The Balaban J connectivity index is 1.66. The number of benzene rings is 1. The Morgan fingerprint density at radius 1 is 1.12 bits per heavy atom. The van der Waals surface area contributed by atoms with E-state index in [1.54, 1.807) is 24.7 Å². The van der Waals surface area contributed by atoms with Crippen molar-refractivity contribution < 1.29 is 4.79 Å². The predicted octanol–water partition coefficient (Wildman–Crippen LogP) is 4.42. The summed E-state index contributed by atoms with van der Waals surface area (Å²) in [6, 6.07) is 11.2. The summed E-state index contributed by atoms with van der Waals surface area (Å²) < 4.78 is 0. The Kier molecular flexibility index (Phi) is 5.49. The van der Waals surface area contributed by atoms with E-state index in [0.29, 0.717) is 17.3 Å². The van der Waals surface area contributed by atoms with Crippen LogP contribution in [0.15, 0.2) is 55.0 Å². The fourth-order valence-electron chi connectivity index (χ4n) is 2.59. The van der Waals surface area contributed by atoms with Crippen molar-refractivity contribution in [3.63, 3.8) is 0 Å². The molecule has 132 valence electrons. The number of anilines is 2. The van der Waals surface area contributed by atoms with Crippen LogP contribution >= 0.6 is 11.6 Å². The third-order valence-corrected chi connectivity index (χ3v) is 4.20. The highest BCUT2D eigenvalue weighted by Gasteiger charge is 2.09. The minimum absolute atomic E-state index is 0.224. The van der Waals surface area contributed by atoms with Crippen LogP contribution in [-0.4, -0.2) is 15.9 Å². The number of pyridine rings is 2. The second kappa shape index (κ2) is 7.97. The van der Waals surface area contributed by atoms with Gasteiger partial charge in [0.15, 0.2) is 0 Å². The molecule has 2 heterocycles. The molecule has 0 fully saturated rings. The smallest absolute Gasteiger partial charge is 0.270 e. The van der Waals surface area contributed by atoms with E-state index >= 15 is 0 Å². The Bertz CT molecular complexity index is 888. The highest BCUT2D eigenvalue weighted by Crippen LogP contribution is 2.30. The van der Waals surface area contributed by atoms with E-state index in [1.165, 1.54) is 0 Å². The van der Waals surface area contributed by atoms with Crippen molar-refractivity contribution in [3.8, 4) is 0 Å². The minimum atomic E-state index is -0.224. The Labute approximate surface area is 157 Å². The van der Waals surface area contributed by atoms with Crippen LogP contribution in [0.5, 0.6) is 0 Å². The van der Waals surface area contributed by atoms with Crippen LogP contribution in [-0.2, 0) is 6.54 Å². The van der Waals surface area contributed by atoms with E-state index < -0.39 is 0 Å². The summed E-state index contributed by atoms with van der Waals surface area (Å²) in [7, 11) is 0. The molecule has 0 aliphatic heterocycles. The first-order chi connectivity index (χ1) is 12.5. The van der Waals surface area contributed by atoms with Gasteiger partial charge in [-0.25, -0.2) is 4.98 Å². The molecule has 0 saturated carbocycles. The third-order valence-electron chi connectivity index (χ3n) is 3.90. The maximum absolute atomic E-state index is 12.2. The zero-order chi connectivity index (χ0) is 18.5. The second-order valence-electron chi connectivity index (χ2n) is 6.03. The van der Waals surface area contributed by atoms with Gasteiger partial charge in [0, 0.05) is 18.9 Å². The van der Waals surface area contributed by atoms with Crippen LogP contribution < -0.4 is 10.6 Å². The summed E-state index contributed by atoms with van der Waals surface area (Å²) in [6.07, 6.45) is 5.01. The van der Waals surface area contributed by atoms with Gasteiger partial charge in [0.25, 0.3) is 5.91 Å². The lowest BCUT2D eigenvalue weighted by atomic mass is 10.1. The van der Waals surface area contributed by atoms with Crippen molar-refractivity contribution >= 4 is 28.9 Å². The number of aromatic nitrogens is 2. The van der Waals surface area contributed by atoms with Crippen LogP contribution in [0.2, 0.25) is 5.02 Å². The Morgan fingerprint density at radius 2 is 1.88 bits per heavy atom. The zero-order valence-corrected chi connectivity index (χ0v) is 15.3. The molecule has 0 atom stereocenters. The second-order valence-corrected chi connectivity index (χ2v) is 6.44. The molecule has 0 radical (unpaired) electrons. The van der Waals surface area contributed by atoms with Gasteiger partial charge >= 0.3 is 0 Å². The zero-order valence-electron chi connectivity index (χ0n) is 14.6. The quantitative estimate of drug-likeness (QED) is 0.701. The number of carbonyl (C=O) groups excluding carboxylic acids is 1. The predicted molar refractivity (Wildman–Crippen MR) is 104 cm³/mol. The molecule has 1 aromatic carbocycles. The highest BCUT2D eigenvalue weighted by atomic mass is 35.5. The first kappa shape index (κ1) is 17.9. The first-order valence-electron chi connectivity index (χ1n) is 8.20. The van der Waals surface area contributed by atoms with Gasteiger partial charge in [-0.15, -0.1) is 0 Å². The van der Waals surface area contributed by atoms with E-state index in [1.807, 2.05) is 38.1 Å². The summed E-state index contributed by atoms with van der Waals surface area (Å²) in [6.45, 7) is 4.43. The van der Waals surface area contributed by atoms with Crippen molar-refractivity contribution in [2.75, 3.05) is 5.32 Å². The van der Waals surface area contributed by atoms with Gasteiger partial charge < -0.3 is 10.6 Å². The van der Waals surface area contributed by atoms with Gasteiger partial charge in [-0.1, -0.05) is 17.7 Å². The molecule has 0 aliphatic carbocycles. The SMILES string of the molecule is Cc1cc(C)c(Nc2ccc(C(=O)NCc3ccncc3)nc2)c(Cl)c1. The molecule has 3 aromatic rings. The number of nitrogens with one attached hydrogen (secondary N) is 2. The van der Waals surface area contributed by atoms with Crippen molar-refractivity contribution in [1.29, 1.82) is 0 Å². The van der Waals surface area contributed by atoms with Gasteiger partial charge in [-0.3, -0.25) is 9.78 Å². The van der Waals surface area contributed by atoms with Crippen molar-refractivity contribution in [2.45, 2.75) is 20.4 Å². The molecular formula is C20H19ClN4O. The van der Waals surface area contributed by atoms with Crippen LogP contribution in [0.1, 0.15) is 27.2 Å². The van der Waals surface area contributed by atoms with Crippen molar-refractivity contribution in [1.82, 2.24) is 15.3 Å². The molecule has 2 aromatic heterocycles. The molecule has 3 rings (SSSR count). The number of amides is 1. The van der Waals surface area contributed by atoms with E-state index in [9.17, 15) is 4.79 Å². The summed E-state index contributed by atoms with van der Waals surface area (Å²) >= 11 is 6.31. The molecule has 0 saturated heterocycles. The van der Waals surface area contributed by atoms with Crippen LogP contribution in [0.3, 0.4) is 0 Å². The molecule has 5 nitrogen and oxygen atoms in total. The molecule has 1 amide bonds. The highest BCUT2D eigenvalue weighted by molar-refractivity contribution is 6.33. The number of rotatable bonds is 5. The van der Waals surface area contributed by atoms with Crippen LogP contribution in [0.4, 0.5) is 11.4 Å². The number of halogens is 1. The monoisotopic (exact) mass is 366 g/mol. The summed E-state index contributed by atoms with van der Waals surface area (Å²) in [5, 5.41) is 6.75. The maximum Gasteiger partial charge on any atom is 0.270 e. The Hall–Kier alpha value is -2.92. The lowest BCUT2D eigenvalue weighted by Crippen LogP contribution is -2.23. The number of hydrogen-bond donors (Lipinski definition) is 2. The van der Waals surface area contributed by atoms with E-state index in [2.05, 4.69) is 26.7 Å². The van der Waals surface area contributed by atoms with Crippen molar-refractivity contribution in [2.24, 2.45) is 0 Å². The third kappa shape index (κ3) is 4.37. The van der Waals surface area contributed by atoms with Gasteiger partial charge in [0.1, 0.15) is 5.69 Å². The molecule has 0 spiro atoms. The Morgan fingerprint density at radius 3 is 2.54 bits per heavy atom. The lowest BCUT2D eigenvalue weighted by molar-refractivity contribution is 0.0946. The van der Waals surface area contributed by atoms with E-state index in [4.69, 9.17) is 11.6 Å². The summed E-state index contributed by atoms with van der Waals surface area (Å²) in [5.74, 6) is -0.224. The lowest BCUT2D eigenvalue weighted by Gasteiger charge is -2.13. The number of nitrogens with zero attached hydrogens (tertiary/aromatic N) is 2. The molecule has 26 heavy (non-hydrogen) atoms. The fourth-order valence-corrected chi connectivity index (χ4v) is 2.96. The number of hydrogen-bond acceptors (Lipinski definition) is 4. The van der Waals surface area contributed by atoms with Gasteiger partial charge in [-0.2, -0.15) is 0 Å². The standard InChI is InChI=1S/C20H19ClN4O/c1-13-9-14(2)19(17(21)10-13)25-16-3-4-18(23-12-16)20(26)24-11-15-5-7-22-8-6-15/h3-10,12,25H,11H2,1-2H3,(H,24,26). The van der Waals surface area contributed by atoms with Crippen molar-refractivity contribution in [3.05, 3.63) is 82.4 Å². The molecular weight excluding hydrogens is 348 g/mol. The van der Waals surface area contributed by atoms with Crippen LogP contribution in [0.25, 0.3) is 0 Å². The molecule has 6 heteroatoms. The molecule has 0 unspecified atom stereocenters. The van der Waals surface area contributed by atoms with Gasteiger partial charge in [-0.05, 0) is 60.9 Å². The maximum atomic E-state index is 12.2. The normalized spacial score (nSPS) is 10.4. The number of carbonyl (C=O) groups is 1. The van der Waals surface area contributed by atoms with Gasteiger partial charge in [0.05, 0.1) is 22.6 Å². The molecule has 2 N–H and O–H groups in total. The average Bonchev–Trinajstić information content (AvgIpc) is 2.64. The minimum Gasteiger partial charge on any atom is -0.353 e. The van der Waals surface area contributed by atoms with Crippen LogP contribution in [0, 0.1) is 13.8 Å². The summed E-state index contributed by atoms with van der Waals surface area (Å²) in [4.78, 5) is 20.4. The molecule has 0 aliphatic rings. The number of aryl methyl sites for hydroxylation is 2. The van der Waals surface area contributed by atoms with E-state index in [-0.39, 0.29) is 5.91 Å². The summed E-state index contributed by atoms with van der Waals surface area (Å²) in [5.41, 5.74) is 5.11. The fraction of sp³-hybridized carbons (Fsp3) is 0.150. The van der Waals surface area contributed by atoms with Gasteiger partial charge in [0.2, 0.25) is 0 Å². The largest absolute Gasteiger partial charge is 0.353 e. The average molecular weight is 367 g/mol. The van der Waals surface area contributed by atoms with E-state index in [0.717, 1.165) is 28.1 Å².